The van der Waals surface area contributed by atoms with Gasteiger partial charge in [0.1, 0.15) is 0 Å². The summed E-state index contributed by atoms with van der Waals surface area (Å²) < 4.78 is 0. The van der Waals surface area contributed by atoms with Crippen molar-refractivity contribution in [1.82, 2.24) is 10.2 Å². The lowest BCUT2D eigenvalue weighted by atomic mass is 10.0. The van der Waals surface area contributed by atoms with Crippen molar-refractivity contribution in [1.29, 1.82) is 0 Å². The Balaban J connectivity index is 2.57. The molecular formula is C13H24N2O3. The number of likely N-dealkylation sites (tertiary alicyclic amines) is 1. The zero-order valence-corrected chi connectivity index (χ0v) is 11.5. The number of amides is 2. The molecule has 0 radical (unpaired) electrons. The zero-order chi connectivity index (χ0) is 13.7. The summed E-state index contributed by atoms with van der Waals surface area (Å²) in [6, 6.07) is -0.576. The highest BCUT2D eigenvalue weighted by molar-refractivity contribution is 6.05. The van der Waals surface area contributed by atoms with Gasteiger partial charge >= 0.3 is 0 Å². The Bertz CT molecular complexity index is 305. The van der Waals surface area contributed by atoms with Crippen LogP contribution in [-0.4, -0.2) is 47.1 Å². The molecule has 2 N–H and O–H groups in total. The van der Waals surface area contributed by atoms with Gasteiger partial charge in [0.2, 0.25) is 11.8 Å². The lowest BCUT2D eigenvalue weighted by Crippen LogP contribution is -2.45. The van der Waals surface area contributed by atoms with E-state index in [4.69, 9.17) is 0 Å². The lowest BCUT2D eigenvalue weighted by molar-refractivity contribution is -0.138. The van der Waals surface area contributed by atoms with E-state index in [0.717, 1.165) is 12.8 Å². The highest BCUT2D eigenvalue weighted by Crippen LogP contribution is 2.15. The molecule has 0 bridgehead atoms. The van der Waals surface area contributed by atoms with E-state index in [9.17, 15) is 14.7 Å². The number of aliphatic hydroxyl groups excluding tert-OH is 1. The molecule has 104 valence electrons. The van der Waals surface area contributed by atoms with Crippen LogP contribution in [0.1, 0.15) is 40.0 Å². The number of carbonyl (C=O) groups excluding carboxylic acids is 2. The third kappa shape index (κ3) is 3.78. The van der Waals surface area contributed by atoms with Crippen LogP contribution in [0.25, 0.3) is 0 Å². The number of hydrogen-bond donors (Lipinski definition) is 2. The molecular weight excluding hydrogens is 232 g/mol. The summed E-state index contributed by atoms with van der Waals surface area (Å²) in [6.07, 6.45) is 1.79. The number of aliphatic hydroxyl groups is 1. The topological polar surface area (TPSA) is 69.6 Å². The average molecular weight is 256 g/mol. The van der Waals surface area contributed by atoms with Crippen LogP contribution in [0.3, 0.4) is 0 Å². The standard InChI is InChI=1S/C13H24N2O3/c1-4-5-15-12(17)7-11(13(15)18)14-10(8-16)6-9(2)3/h9-11,14,16H,4-8H2,1-3H3. The van der Waals surface area contributed by atoms with Gasteiger partial charge in [-0.25, -0.2) is 0 Å². The molecule has 2 atom stereocenters. The van der Waals surface area contributed by atoms with Crippen LogP contribution in [0.5, 0.6) is 0 Å². The quantitative estimate of drug-likeness (QED) is 0.652. The Morgan fingerprint density at radius 2 is 2.11 bits per heavy atom. The molecule has 2 unspecified atom stereocenters. The minimum Gasteiger partial charge on any atom is -0.395 e. The number of hydrogen-bond acceptors (Lipinski definition) is 4. The van der Waals surface area contributed by atoms with E-state index in [-0.39, 0.29) is 30.9 Å². The third-order valence-corrected chi connectivity index (χ3v) is 3.10. The van der Waals surface area contributed by atoms with Crippen molar-refractivity contribution in [3.8, 4) is 0 Å². The molecule has 1 fully saturated rings. The highest BCUT2D eigenvalue weighted by Gasteiger charge is 2.38. The van der Waals surface area contributed by atoms with E-state index in [0.29, 0.717) is 12.5 Å². The highest BCUT2D eigenvalue weighted by atomic mass is 16.3. The number of rotatable bonds is 7. The summed E-state index contributed by atoms with van der Waals surface area (Å²) >= 11 is 0. The summed E-state index contributed by atoms with van der Waals surface area (Å²) in [5.41, 5.74) is 0. The van der Waals surface area contributed by atoms with Gasteiger partial charge in [0, 0.05) is 12.6 Å². The van der Waals surface area contributed by atoms with Gasteiger partial charge in [-0.05, 0) is 18.8 Å². The fourth-order valence-electron chi connectivity index (χ4n) is 2.32. The van der Waals surface area contributed by atoms with E-state index < -0.39 is 6.04 Å². The van der Waals surface area contributed by atoms with Gasteiger partial charge in [0.05, 0.1) is 19.1 Å². The van der Waals surface area contributed by atoms with Crippen LogP contribution < -0.4 is 5.32 Å². The molecule has 1 aliphatic rings. The Hall–Kier alpha value is -0.940. The molecule has 5 nitrogen and oxygen atoms in total. The predicted molar refractivity (Wildman–Crippen MR) is 68.9 cm³/mol. The Morgan fingerprint density at radius 1 is 1.44 bits per heavy atom. The Kier molecular flexibility index (Phi) is 5.75. The molecule has 1 rings (SSSR count). The van der Waals surface area contributed by atoms with Crippen LogP contribution in [0.4, 0.5) is 0 Å². The van der Waals surface area contributed by atoms with E-state index in [1.807, 2.05) is 6.92 Å². The van der Waals surface area contributed by atoms with E-state index in [1.165, 1.54) is 4.90 Å². The maximum absolute atomic E-state index is 12.0. The summed E-state index contributed by atoms with van der Waals surface area (Å²) in [4.78, 5) is 25.0. The molecule has 1 heterocycles. The van der Waals surface area contributed by atoms with Gasteiger partial charge in [-0.3, -0.25) is 14.5 Å². The summed E-state index contributed by atoms with van der Waals surface area (Å²) in [6.45, 7) is 6.55. The number of carbonyl (C=O) groups is 2. The van der Waals surface area contributed by atoms with Gasteiger partial charge in [0.15, 0.2) is 0 Å². The third-order valence-electron chi connectivity index (χ3n) is 3.10. The van der Waals surface area contributed by atoms with Crippen molar-refractivity contribution >= 4 is 11.8 Å². The SMILES string of the molecule is CCCN1C(=O)CC(NC(CO)CC(C)C)C1=O. The van der Waals surface area contributed by atoms with Crippen molar-refractivity contribution in [3.05, 3.63) is 0 Å². The van der Waals surface area contributed by atoms with Crippen molar-refractivity contribution in [2.24, 2.45) is 5.92 Å². The van der Waals surface area contributed by atoms with Crippen LogP contribution in [0, 0.1) is 5.92 Å². The maximum atomic E-state index is 12.0. The second kappa shape index (κ2) is 6.85. The van der Waals surface area contributed by atoms with Gasteiger partial charge in [-0.1, -0.05) is 20.8 Å². The lowest BCUT2D eigenvalue weighted by Gasteiger charge is -2.21. The first-order valence-corrected chi connectivity index (χ1v) is 6.70. The number of nitrogens with one attached hydrogen (secondary N) is 1. The molecule has 0 saturated carbocycles. The molecule has 1 aliphatic heterocycles. The van der Waals surface area contributed by atoms with Crippen molar-refractivity contribution < 1.29 is 14.7 Å². The van der Waals surface area contributed by atoms with Gasteiger partial charge in [-0.2, -0.15) is 0 Å². The number of imide groups is 1. The molecule has 0 aromatic rings. The zero-order valence-electron chi connectivity index (χ0n) is 11.5. The predicted octanol–water partition coefficient (Wildman–Crippen LogP) is 0.520. The first-order valence-electron chi connectivity index (χ1n) is 6.70. The average Bonchev–Trinajstić information content (AvgIpc) is 2.56. The first-order chi connectivity index (χ1) is 8.49. The molecule has 5 heteroatoms. The smallest absolute Gasteiger partial charge is 0.246 e. The monoisotopic (exact) mass is 256 g/mol. The summed E-state index contributed by atoms with van der Waals surface area (Å²) in [5.74, 6) is 0.179. The molecule has 1 saturated heterocycles. The van der Waals surface area contributed by atoms with E-state index in [1.54, 1.807) is 0 Å². The van der Waals surface area contributed by atoms with E-state index >= 15 is 0 Å². The van der Waals surface area contributed by atoms with Gasteiger partial charge in [0.25, 0.3) is 0 Å². The van der Waals surface area contributed by atoms with Crippen molar-refractivity contribution in [2.45, 2.75) is 52.1 Å². The fourth-order valence-corrected chi connectivity index (χ4v) is 2.32. The first kappa shape index (κ1) is 15.1. The molecule has 0 aliphatic carbocycles. The molecule has 18 heavy (non-hydrogen) atoms. The van der Waals surface area contributed by atoms with Crippen molar-refractivity contribution in [3.63, 3.8) is 0 Å². The van der Waals surface area contributed by atoms with Crippen LogP contribution in [0.2, 0.25) is 0 Å². The second-order valence-corrected chi connectivity index (χ2v) is 5.32. The van der Waals surface area contributed by atoms with Crippen LogP contribution in [0.15, 0.2) is 0 Å². The molecule has 0 spiro atoms. The Morgan fingerprint density at radius 3 is 2.61 bits per heavy atom. The maximum Gasteiger partial charge on any atom is 0.246 e. The van der Waals surface area contributed by atoms with E-state index in [2.05, 4.69) is 19.2 Å². The van der Waals surface area contributed by atoms with Crippen LogP contribution >= 0.6 is 0 Å². The fraction of sp³-hybridized carbons (Fsp3) is 0.846. The van der Waals surface area contributed by atoms with Gasteiger partial charge < -0.3 is 10.4 Å². The summed E-state index contributed by atoms with van der Waals surface area (Å²) in [7, 11) is 0. The van der Waals surface area contributed by atoms with Gasteiger partial charge in [-0.15, -0.1) is 0 Å². The van der Waals surface area contributed by atoms with Crippen molar-refractivity contribution in [2.75, 3.05) is 13.2 Å². The Labute approximate surface area is 109 Å². The number of nitrogens with zero attached hydrogens (tertiary/aromatic N) is 1. The largest absolute Gasteiger partial charge is 0.395 e. The summed E-state index contributed by atoms with van der Waals surface area (Å²) in [5, 5.41) is 12.4. The minimum atomic E-state index is -0.458. The normalized spacial score (nSPS) is 22.1. The second-order valence-electron chi connectivity index (χ2n) is 5.32. The molecule has 0 aromatic heterocycles. The van der Waals surface area contributed by atoms with Crippen LogP contribution in [-0.2, 0) is 9.59 Å². The molecule has 0 aromatic carbocycles. The minimum absolute atomic E-state index is 0.00999. The molecule has 2 amide bonds.